The largest absolute Gasteiger partial charge is 0.497 e. The molecule has 3 aromatic rings. The Morgan fingerprint density at radius 2 is 1.82 bits per heavy atom. The summed E-state index contributed by atoms with van der Waals surface area (Å²) in [5.74, 6) is 0.642. The summed E-state index contributed by atoms with van der Waals surface area (Å²) < 4.78 is 5.15. The number of amides is 1. The van der Waals surface area contributed by atoms with Gasteiger partial charge in [0.2, 0.25) is 0 Å². The molecule has 28 heavy (non-hydrogen) atoms. The number of nitrogens with one attached hydrogen (secondary N) is 2. The first-order valence-corrected chi connectivity index (χ1v) is 9.26. The minimum absolute atomic E-state index is 0.182. The topological polar surface area (TPSA) is 63.2 Å². The first kappa shape index (κ1) is 19.4. The number of aryl methyl sites for hydroxylation is 2. The van der Waals surface area contributed by atoms with Crippen LogP contribution in [0, 0.1) is 13.8 Å². The van der Waals surface area contributed by atoms with Gasteiger partial charge in [0.15, 0.2) is 0 Å². The smallest absolute Gasteiger partial charge is 0.269 e. The third-order valence-electron chi connectivity index (χ3n) is 4.52. The van der Waals surface area contributed by atoms with Crippen molar-refractivity contribution in [1.29, 1.82) is 0 Å². The molecule has 0 unspecified atom stereocenters. The zero-order valence-corrected chi connectivity index (χ0v) is 16.5. The quantitative estimate of drug-likeness (QED) is 0.641. The lowest BCUT2D eigenvalue weighted by molar-refractivity contribution is 0.0949. The molecule has 0 saturated carbocycles. The Morgan fingerprint density at radius 3 is 2.57 bits per heavy atom. The molecule has 3 rings (SSSR count). The number of ether oxygens (including phenoxy) is 1. The van der Waals surface area contributed by atoms with Crippen LogP contribution in [0.5, 0.6) is 5.75 Å². The number of methoxy groups -OCH3 is 1. The Balaban J connectivity index is 1.59. The summed E-state index contributed by atoms with van der Waals surface area (Å²) >= 11 is 0. The highest BCUT2D eigenvalue weighted by atomic mass is 16.5. The average molecular weight is 375 g/mol. The van der Waals surface area contributed by atoms with E-state index in [4.69, 9.17) is 4.74 Å². The molecule has 0 aliphatic rings. The van der Waals surface area contributed by atoms with E-state index in [-0.39, 0.29) is 5.91 Å². The second-order valence-corrected chi connectivity index (χ2v) is 6.73. The Kier molecular flexibility index (Phi) is 6.27. The number of hydrogen-bond acceptors (Lipinski definition) is 4. The van der Waals surface area contributed by atoms with Gasteiger partial charge in [-0.3, -0.25) is 9.78 Å². The highest BCUT2D eigenvalue weighted by Crippen LogP contribution is 2.22. The van der Waals surface area contributed by atoms with E-state index in [0.29, 0.717) is 12.2 Å². The maximum absolute atomic E-state index is 12.4. The fourth-order valence-corrected chi connectivity index (χ4v) is 2.86. The number of anilines is 2. The number of nitrogens with zero attached hydrogens (tertiary/aromatic N) is 1. The van der Waals surface area contributed by atoms with E-state index in [1.54, 1.807) is 19.4 Å². The first-order valence-electron chi connectivity index (χ1n) is 9.26. The Labute approximate surface area is 165 Å². The zero-order chi connectivity index (χ0) is 19.9. The third kappa shape index (κ3) is 5.10. The highest BCUT2D eigenvalue weighted by molar-refractivity contribution is 5.93. The van der Waals surface area contributed by atoms with E-state index in [9.17, 15) is 4.79 Å². The molecule has 0 aliphatic heterocycles. The zero-order valence-electron chi connectivity index (χ0n) is 16.5. The molecule has 2 N–H and O–H groups in total. The van der Waals surface area contributed by atoms with Crippen molar-refractivity contribution >= 4 is 17.3 Å². The minimum atomic E-state index is -0.182. The van der Waals surface area contributed by atoms with Crippen LogP contribution in [0.15, 0.2) is 60.8 Å². The van der Waals surface area contributed by atoms with Crippen molar-refractivity contribution in [2.24, 2.45) is 0 Å². The van der Waals surface area contributed by atoms with Gasteiger partial charge >= 0.3 is 0 Å². The maximum Gasteiger partial charge on any atom is 0.269 e. The van der Waals surface area contributed by atoms with Gasteiger partial charge < -0.3 is 15.4 Å². The lowest BCUT2D eigenvalue weighted by Gasteiger charge is -2.11. The number of carbonyl (C=O) groups is 1. The van der Waals surface area contributed by atoms with Crippen LogP contribution in [0.4, 0.5) is 11.4 Å². The summed E-state index contributed by atoms with van der Waals surface area (Å²) in [6.45, 7) is 4.65. The van der Waals surface area contributed by atoms with Gasteiger partial charge in [0.1, 0.15) is 11.4 Å². The molecule has 0 saturated heterocycles. The van der Waals surface area contributed by atoms with Crippen LogP contribution in [0.25, 0.3) is 0 Å². The van der Waals surface area contributed by atoms with Gasteiger partial charge in [0.05, 0.1) is 7.11 Å². The molecule has 144 valence electrons. The van der Waals surface area contributed by atoms with Gasteiger partial charge in [0.25, 0.3) is 5.91 Å². The van der Waals surface area contributed by atoms with Gasteiger partial charge in [-0.25, -0.2) is 0 Å². The summed E-state index contributed by atoms with van der Waals surface area (Å²) in [7, 11) is 1.64. The van der Waals surface area contributed by atoms with Crippen LogP contribution in [-0.2, 0) is 6.42 Å². The maximum atomic E-state index is 12.4. The summed E-state index contributed by atoms with van der Waals surface area (Å²) in [6, 6.07) is 17.7. The molecule has 0 bridgehead atoms. The van der Waals surface area contributed by atoms with E-state index in [1.807, 2.05) is 30.3 Å². The summed E-state index contributed by atoms with van der Waals surface area (Å²) in [5.41, 5.74) is 5.72. The lowest BCUT2D eigenvalue weighted by atomic mass is 10.1. The van der Waals surface area contributed by atoms with E-state index in [0.717, 1.165) is 34.7 Å². The summed E-state index contributed by atoms with van der Waals surface area (Å²) in [4.78, 5) is 16.6. The van der Waals surface area contributed by atoms with Crippen LogP contribution in [-0.4, -0.2) is 24.5 Å². The Morgan fingerprint density at radius 1 is 1.04 bits per heavy atom. The predicted molar refractivity (Wildman–Crippen MR) is 112 cm³/mol. The molecule has 0 fully saturated rings. The normalized spacial score (nSPS) is 10.4. The number of hydrogen-bond donors (Lipinski definition) is 2. The van der Waals surface area contributed by atoms with Crippen molar-refractivity contribution in [1.82, 2.24) is 10.3 Å². The fraction of sp³-hybridized carbons (Fsp3) is 0.217. The van der Waals surface area contributed by atoms with Crippen LogP contribution >= 0.6 is 0 Å². The van der Waals surface area contributed by atoms with Gasteiger partial charge in [0, 0.05) is 24.1 Å². The molecule has 1 heterocycles. The van der Waals surface area contributed by atoms with E-state index in [1.165, 1.54) is 5.56 Å². The lowest BCUT2D eigenvalue weighted by Crippen LogP contribution is -2.26. The van der Waals surface area contributed by atoms with E-state index in [2.05, 4.69) is 47.7 Å². The van der Waals surface area contributed by atoms with Crippen molar-refractivity contribution in [3.63, 3.8) is 0 Å². The Bertz CT molecular complexity index is 952. The Hall–Kier alpha value is -3.34. The minimum Gasteiger partial charge on any atom is -0.497 e. The molecule has 1 amide bonds. The molecular formula is C23H25N3O2. The molecular weight excluding hydrogens is 350 g/mol. The van der Waals surface area contributed by atoms with Crippen LogP contribution in [0.3, 0.4) is 0 Å². The second kappa shape index (κ2) is 9.04. The SMILES string of the molecule is COc1ccc(CCNC(=O)c2cc(Nc3cc(C)ccc3C)ccn2)cc1. The van der Waals surface area contributed by atoms with Gasteiger partial charge in [-0.05, 0) is 67.3 Å². The highest BCUT2D eigenvalue weighted by Gasteiger charge is 2.08. The van der Waals surface area contributed by atoms with Gasteiger partial charge in [-0.2, -0.15) is 0 Å². The molecule has 5 heteroatoms. The average Bonchev–Trinajstić information content (AvgIpc) is 2.71. The van der Waals surface area contributed by atoms with Crippen molar-refractivity contribution in [2.75, 3.05) is 19.0 Å². The predicted octanol–water partition coefficient (Wildman–Crippen LogP) is 4.42. The molecule has 0 radical (unpaired) electrons. The second-order valence-electron chi connectivity index (χ2n) is 6.73. The fourth-order valence-electron chi connectivity index (χ4n) is 2.86. The molecule has 0 atom stereocenters. The van der Waals surface area contributed by atoms with Crippen molar-refractivity contribution in [2.45, 2.75) is 20.3 Å². The van der Waals surface area contributed by atoms with Gasteiger partial charge in [-0.1, -0.05) is 24.3 Å². The summed E-state index contributed by atoms with van der Waals surface area (Å²) in [6.07, 6.45) is 2.39. The molecule has 0 aliphatic carbocycles. The number of pyridine rings is 1. The van der Waals surface area contributed by atoms with Crippen molar-refractivity contribution in [3.05, 3.63) is 83.2 Å². The van der Waals surface area contributed by atoms with Crippen LogP contribution in [0.1, 0.15) is 27.2 Å². The van der Waals surface area contributed by atoms with Crippen molar-refractivity contribution in [3.8, 4) is 5.75 Å². The molecule has 5 nitrogen and oxygen atoms in total. The number of rotatable bonds is 7. The van der Waals surface area contributed by atoms with E-state index < -0.39 is 0 Å². The molecule has 2 aromatic carbocycles. The molecule has 0 spiro atoms. The third-order valence-corrected chi connectivity index (χ3v) is 4.52. The summed E-state index contributed by atoms with van der Waals surface area (Å²) in [5, 5.41) is 6.30. The van der Waals surface area contributed by atoms with E-state index >= 15 is 0 Å². The standard InChI is InChI=1S/C23H25N3O2/c1-16-4-5-17(2)21(14-16)26-19-11-13-24-22(15-19)23(27)25-12-10-18-6-8-20(28-3)9-7-18/h4-9,11,13-15H,10,12H2,1-3H3,(H,24,26)(H,25,27). The number of benzene rings is 2. The number of aromatic nitrogens is 1. The number of carbonyl (C=O) groups excluding carboxylic acids is 1. The van der Waals surface area contributed by atoms with Gasteiger partial charge in [-0.15, -0.1) is 0 Å². The monoisotopic (exact) mass is 375 g/mol. The van der Waals surface area contributed by atoms with Crippen LogP contribution in [0.2, 0.25) is 0 Å². The first-order chi connectivity index (χ1) is 13.5. The van der Waals surface area contributed by atoms with Crippen LogP contribution < -0.4 is 15.4 Å². The molecule has 1 aromatic heterocycles. The van der Waals surface area contributed by atoms with Crippen molar-refractivity contribution < 1.29 is 9.53 Å².